The van der Waals surface area contributed by atoms with Crippen molar-refractivity contribution in [1.29, 1.82) is 0 Å². The molecule has 2 amide bonds. The van der Waals surface area contributed by atoms with Gasteiger partial charge in [0.1, 0.15) is 5.82 Å². The van der Waals surface area contributed by atoms with Gasteiger partial charge in [0.25, 0.3) is 17.4 Å². The van der Waals surface area contributed by atoms with Gasteiger partial charge < -0.3 is 15.3 Å². The minimum absolute atomic E-state index is 0.0232. The maximum Gasteiger partial charge on any atom is 0.267 e. The number of anilines is 1. The number of likely N-dealkylation sites (N-methyl/N-ethyl adjacent to an activating group) is 1. The zero-order valence-corrected chi connectivity index (χ0v) is 24.4. The van der Waals surface area contributed by atoms with E-state index in [1.165, 1.54) is 17.2 Å². The number of pyridine rings is 1. The average molecular weight is 572 g/mol. The van der Waals surface area contributed by atoms with Crippen LogP contribution >= 0.6 is 0 Å². The van der Waals surface area contributed by atoms with Crippen molar-refractivity contribution in [2.45, 2.75) is 45.6 Å². The van der Waals surface area contributed by atoms with Crippen molar-refractivity contribution in [2.75, 3.05) is 19.4 Å². The number of rotatable bonds is 7. The normalized spacial score (nSPS) is 12.1. The number of nitrogens with zero attached hydrogens (tertiary/aromatic N) is 3. The molecule has 0 saturated carbocycles. The lowest BCUT2D eigenvalue weighted by atomic mass is 9.86. The number of aliphatic hydroxyl groups is 1. The van der Waals surface area contributed by atoms with Crippen LogP contribution in [-0.4, -0.2) is 51.1 Å². The molecular weight excluding hydrogens is 537 g/mol. The van der Waals surface area contributed by atoms with E-state index < -0.39 is 29.3 Å². The van der Waals surface area contributed by atoms with E-state index in [4.69, 9.17) is 0 Å². The first-order valence-corrected chi connectivity index (χ1v) is 13.4. The van der Waals surface area contributed by atoms with Gasteiger partial charge in [-0.15, -0.1) is 0 Å². The molecule has 0 aliphatic rings. The Hall–Kier alpha value is -4.70. The molecule has 1 atom stereocenters. The minimum atomic E-state index is -1.34. The number of aromatic amines is 1. The summed E-state index contributed by atoms with van der Waals surface area (Å²) in [6, 6.07) is 14.8. The second-order valence-electron chi connectivity index (χ2n) is 11.4. The van der Waals surface area contributed by atoms with Gasteiger partial charge in [0.2, 0.25) is 0 Å². The van der Waals surface area contributed by atoms with Crippen molar-refractivity contribution in [3.63, 3.8) is 0 Å². The van der Waals surface area contributed by atoms with E-state index in [-0.39, 0.29) is 17.5 Å². The van der Waals surface area contributed by atoms with Gasteiger partial charge in [0, 0.05) is 54.7 Å². The second kappa shape index (κ2) is 12.0. The fourth-order valence-electron chi connectivity index (χ4n) is 4.42. The van der Waals surface area contributed by atoms with Gasteiger partial charge in [0.15, 0.2) is 6.10 Å². The lowest BCUT2D eigenvalue weighted by Crippen LogP contribution is -2.28. The third kappa shape index (κ3) is 6.60. The van der Waals surface area contributed by atoms with E-state index >= 15 is 0 Å². The number of carbonyl (C=O) groups is 2. The van der Waals surface area contributed by atoms with Crippen LogP contribution in [0.3, 0.4) is 0 Å². The van der Waals surface area contributed by atoms with Crippen molar-refractivity contribution in [3.8, 4) is 11.3 Å². The number of H-pyrrole nitrogens is 1. The molecule has 0 aliphatic carbocycles. The van der Waals surface area contributed by atoms with Crippen LogP contribution < -0.4 is 10.9 Å². The average Bonchev–Trinajstić information content (AvgIpc) is 2.95. The number of aliphatic hydroxyl groups excluding tert-OH is 1. The summed E-state index contributed by atoms with van der Waals surface area (Å²) in [5.41, 5.74) is 3.60. The van der Waals surface area contributed by atoms with Crippen LogP contribution in [0.15, 0.2) is 65.6 Å². The Balaban J connectivity index is 1.58. The number of aromatic nitrogens is 3. The molecule has 0 radical (unpaired) electrons. The summed E-state index contributed by atoms with van der Waals surface area (Å²) in [4.78, 5) is 43.2. The van der Waals surface area contributed by atoms with Crippen LogP contribution in [0.1, 0.15) is 65.2 Å². The Kier molecular flexibility index (Phi) is 8.67. The summed E-state index contributed by atoms with van der Waals surface area (Å²) in [6.45, 7) is 7.91. The van der Waals surface area contributed by atoms with Gasteiger partial charge in [-0.1, -0.05) is 39.0 Å². The number of benzene rings is 2. The molecule has 0 saturated heterocycles. The highest BCUT2D eigenvalue weighted by atomic mass is 19.1. The maximum atomic E-state index is 14.9. The molecule has 42 heavy (non-hydrogen) atoms. The molecule has 10 heteroatoms. The van der Waals surface area contributed by atoms with Crippen molar-refractivity contribution >= 4 is 17.5 Å². The van der Waals surface area contributed by atoms with E-state index in [9.17, 15) is 23.9 Å². The van der Waals surface area contributed by atoms with Gasteiger partial charge in [-0.05, 0) is 59.9 Å². The van der Waals surface area contributed by atoms with Crippen molar-refractivity contribution in [1.82, 2.24) is 20.1 Å². The maximum absolute atomic E-state index is 14.9. The Bertz CT molecular complexity index is 1670. The molecule has 218 valence electrons. The van der Waals surface area contributed by atoms with Gasteiger partial charge in [-0.3, -0.25) is 19.4 Å². The van der Waals surface area contributed by atoms with E-state index in [1.807, 2.05) is 12.1 Å². The summed E-state index contributed by atoms with van der Waals surface area (Å²) < 4.78 is 14.9. The molecule has 4 aromatic rings. The number of halogens is 1. The van der Waals surface area contributed by atoms with Crippen LogP contribution in [0, 0.1) is 12.7 Å². The second-order valence-corrected chi connectivity index (χ2v) is 11.4. The Morgan fingerprint density at radius 3 is 2.36 bits per heavy atom. The highest BCUT2D eigenvalue weighted by Gasteiger charge is 2.21. The fraction of sp³-hybridized carbons (Fsp3) is 0.281. The molecule has 2 heterocycles. The minimum Gasteiger partial charge on any atom is -0.378 e. The molecule has 0 fully saturated rings. The van der Waals surface area contributed by atoms with E-state index in [0.29, 0.717) is 39.2 Å². The third-order valence-corrected chi connectivity index (χ3v) is 7.03. The van der Waals surface area contributed by atoms with Crippen LogP contribution in [0.4, 0.5) is 10.1 Å². The van der Waals surface area contributed by atoms with Gasteiger partial charge in [0.05, 0.1) is 11.4 Å². The predicted octanol–water partition coefficient (Wildman–Crippen LogP) is 4.54. The van der Waals surface area contributed by atoms with Gasteiger partial charge >= 0.3 is 0 Å². The molecular formula is C32H34FN5O4. The summed E-state index contributed by atoms with van der Waals surface area (Å²) in [5.74, 6) is -1.51. The number of carbonyl (C=O) groups excluding carboxylic acids is 2. The highest BCUT2D eigenvalue weighted by Crippen LogP contribution is 2.30. The van der Waals surface area contributed by atoms with E-state index in [2.05, 4.69) is 41.3 Å². The first kappa shape index (κ1) is 30.3. The molecule has 3 N–H and O–H groups in total. The summed E-state index contributed by atoms with van der Waals surface area (Å²) in [6.07, 6.45) is 0.210. The number of hydrogen-bond acceptors (Lipinski definition) is 6. The lowest BCUT2D eigenvalue weighted by Gasteiger charge is -2.19. The van der Waals surface area contributed by atoms with Crippen LogP contribution in [0.2, 0.25) is 0 Å². The monoisotopic (exact) mass is 571 g/mol. The molecule has 9 nitrogen and oxygen atoms in total. The van der Waals surface area contributed by atoms with Crippen LogP contribution in [0.5, 0.6) is 0 Å². The van der Waals surface area contributed by atoms with Crippen LogP contribution in [0.25, 0.3) is 11.3 Å². The standard InChI is InChI=1S/C32H34FN5O4/c1-18-24(13-14-25(33)27(18)35-29(40)19-7-10-22(11-8-19)32(2,3)4)26-16-21(30(41)37-36-26)15-23-12-9-20(17-34-23)28(39)31(42)38(5)6/h7-14,16-17,28,39H,15H2,1-6H3,(H,35,40)(H,37,41)/t28-/m0/s1. The largest absolute Gasteiger partial charge is 0.378 e. The zero-order chi connectivity index (χ0) is 30.8. The number of hydrogen-bond donors (Lipinski definition) is 3. The van der Waals surface area contributed by atoms with Crippen LogP contribution in [-0.2, 0) is 16.6 Å². The van der Waals surface area contributed by atoms with Gasteiger partial charge in [-0.2, -0.15) is 5.10 Å². The summed E-state index contributed by atoms with van der Waals surface area (Å²) in [5, 5.41) is 19.6. The molecule has 0 unspecified atom stereocenters. The fourth-order valence-corrected chi connectivity index (χ4v) is 4.42. The SMILES string of the molecule is Cc1c(-c2cc(Cc3ccc([C@H](O)C(=O)N(C)C)cn3)c(=O)[nH]n2)ccc(F)c1NC(=O)c1ccc(C(C)(C)C)cc1. The first-order chi connectivity index (χ1) is 19.8. The molecule has 2 aromatic heterocycles. The zero-order valence-electron chi connectivity index (χ0n) is 24.4. The summed E-state index contributed by atoms with van der Waals surface area (Å²) in [7, 11) is 3.10. The third-order valence-electron chi connectivity index (χ3n) is 7.03. The molecule has 0 aliphatic heterocycles. The number of nitrogens with one attached hydrogen (secondary N) is 2. The Morgan fingerprint density at radius 2 is 1.76 bits per heavy atom. The van der Waals surface area contributed by atoms with Crippen molar-refractivity contribution in [3.05, 3.63) is 110 Å². The summed E-state index contributed by atoms with van der Waals surface area (Å²) >= 11 is 0. The Morgan fingerprint density at radius 1 is 1.07 bits per heavy atom. The molecule has 2 aromatic carbocycles. The smallest absolute Gasteiger partial charge is 0.267 e. The Labute approximate surface area is 243 Å². The van der Waals surface area contributed by atoms with Crippen molar-refractivity contribution in [2.24, 2.45) is 0 Å². The van der Waals surface area contributed by atoms with Crippen molar-refractivity contribution < 1.29 is 19.1 Å². The topological polar surface area (TPSA) is 128 Å². The molecule has 0 spiro atoms. The van der Waals surface area contributed by atoms with E-state index in [1.54, 1.807) is 57.4 Å². The van der Waals surface area contributed by atoms with E-state index in [0.717, 1.165) is 5.56 Å². The van der Waals surface area contributed by atoms with Gasteiger partial charge in [-0.25, -0.2) is 9.49 Å². The molecule has 4 rings (SSSR count). The highest BCUT2D eigenvalue weighted by molar-refractivity contribution is 6.05. The number of amides is 2. The quantitative estimate of drug-likeness (QED) is 0.299. The lowest BCUT2D eigenvalue weighted by molar-refractivity contribution is -0.137. The molecule has 0 bridgehead atoms. The first-order valence-electron chi connectivity index (χ1n) is 13.4. The predicted molar refractivity (Wildman–Crippen MR) is 159 cm³/mol.